The summed E-state index contributed by atoms with van der Waals surface area (Å²) in [7, 11) is 1.93. The first-order valence-corrected chi connectivity index (χ1v) is 6.35. The zero-order valence-electron chi connectivity index (χ0n) is 11.7. The van der Waals surface area contributed by atoms with E-state index in [0.29, 0.717) is 5.92 Å². The van der Waals surface area contributed by atoms with E-state index >= 15 is 0 Å². The summed E-state index contributed by atoms with van der Waals surface area (Å²) in [6.07, 6.45) is 3.82. The van der Waals surface area contributed by atoms with Crippen LogP contribution in [0, 0.1) is 5.92 Å². The highest BCUT2D eigenvalue weighted by atomic mass is 35.5. The van der Waals surface area contributed by atoms with Gasteiger partial charge in [-0.1, -0.05) is 13.8 Å². The molecular formula is C13H22ClN5. The topological polar surface area (TPSA) is 47.7 Å². The second kappa shape index (κ2) is 7.31. The van der Waals surface area contributed by atoms with Crippen LogP contribution in [0.3, 0.4) is 0 Å². The largest absolute Gasteiger partial charge is 0.305 e. The highest BCUT2D eigenvalue weighted by Crippen LogP contribution is 2.04. The maximum absolute atomic E-state index is 4.34. The molecular weight excluding hydrogens is 262 g/mol. The monoisotopic (exact) mass is 283 g/mol. The second-order valence-electron chi connectivity index (χ2n) is 4.98. The maximum atomic E-state index is 4.34. The molecule has 0 saturated heterocycles. The molecule has 19 heavy (non-hydrogen) atoms. The maximum Gasteiger partial charge on any atom is 0.0762 e. The summed E-state index contributed by atoms with van der Waals surface area (Å²) in [6.45, 7) is 6.98. The molecule has 1 N–H and O–H groups in total. The number of rotatable bonds is 6. The van der Waals surface area contributed by atoms with E-state index in [1.54, 1.807) is 0 Å². The average molecular weight is 284 g/mol. The lowest BCUT2D eigenvalue weighted by atomic mass is 10.2. The molecule has 106 valence electrons. The predicted molar refractivity (Wildman–Crippen MR) is 78.1 cm³/mol. The summed E-state index contributed by atoms with van der Waals surface area (Å²) in [5, 5.41) is 12.1. The minimum atomic E-state index is 0. The fraction of sp³-hybridized carbons (Fsp3) is 0.538. The van der Waals surface area contributed by atoms with Crippen molar-refractivity contribution in [3.63, 3.8) is 0 Å². The Labute approximate surface area is 120 Å². The van der Waals surface area contributed by atoms with Crippen molar-refractivity contribution >= 4 is 12.4 Å². The van der Waals surface area contributed by atoms with Gasteiger partial charge in [0.15, 0.2) is 0 Å². The van der Waals surface area contributed by atoms with E-state index in [1.165, 1.54) is 5.69 Å². The van der Waals surface area contributed by atoms with Crippen LogP contribution < -0.4 is 5.32 Å². The highest BCUT2D eigenvalue weighted by molar-refractivity contribution is 5.85. The molecule has 0 amide bonds. The van der Waals surface area contributed by atoms with Crippen LogP contribution in [-0.4, -0.2) is 19.6 Å². The van der Waals surface area contributed by atoms with Crippen molar-refractivity contribution in [2.24, 2.45) is 13.0 Å². The van der Waals surface area contributed by atoms with Gasteiger partial charge in [0.1, 0.15) is 0 Å². The first-order chi connectivity index (χ1) is 8.65. The fourth-order valence-electron chi connectivity index (χ4n) is 1.90. The lowest BCUT2D eigenvalue weighted by molar-refractivity contribution is 0.460. The van der Waals surface area contributed by atoms with Crippen LogP contribution in [0.2, 0.25) is 0 Å². The smallest absolute Gasteiger partial charge is 0.0762 e. The van der Waals surface area contributed by atoms with E-state index in [0.717, 1.165) is 25.3 Å². The Morgan fingerprint density at radius 1 is 1.26 bits per heavy atom. The van der Waals surface area contributed by atoms with Crippen molar-refractivity contribution < 1.29 is 0 Å². The van der Waals surface area contributed by atoms with Crippen LogP contribution in [0.4, 0.5) is 0 Å². The van der Waals surface area contributed by atoms with Crippen molar-refractivity contribution in [1.29, 1.82) is 0 Å². The van der Waals surface area contributed by atoms with Crippen molar-refractivity contribution in [3.05, 3.63) is 35.9 Å². The van der Waals surface area contributed by atoms with E-state index in [2.05, 4.69) is 40.1 Å². The summed E-state index contributed by atoms with van der Waals surface area (Å²) in [4.78, 5) is 0. The van der Waals surface area contributed by atoms with Gasteiger partial charge >= 0.3 is 0 Å². The molecule has 0 aliphatic rings. The molecule has 0 unspecified atom stereocenters. The number of halogens is 1. The molecule has 6 heteroatoms. The number of aromatic nitrogens is 4. The van der Waals surface area contributed by atoms with Crippen LogP contribution in [-0.2, 0) is 26.7 Å². The van der Waals surface area contributed by atoms with Gasteiger partial charge in [0.05, 0.1) is 11.4 Å². The number of nitrogens with one attached hydrogen (secondary N) is 1. The van der Waals surface area contributed by atoms with Crippen molar-refractivity contribution in [3.8, 4) is 0 Å². The molecule has 0 fully saturated rings. The van der Waals surface area contributed by atoms with E-state index < -0.39 is 0 Å². The Morgan fingerprint density at radius 2 is 2.05 bits per heavy atom. The normalized spacial score (nSPS) is 10.7. The third-order valence-electron chi connectivity index (χ3n) is 2.72. The molecule has 0 aromatic carbocycles. The SMILES string of the molecule is CC(C)Cn1nccc1CNCc1ccn(C)n1.Cl. The first kappa shape index (κ1) is 15.7. The molecule has 0 bridgehead atoms. The Balaban J connectivity index is 0.00000180. The van der Waals surface area contributed by atoms with Crippen LogP contribution >= 0.6 is 12.4 Å². The van der Waals surface area contributed by atoms with Gasteiger partial charge in [-0.15, -0.1) is 12.4 Å². The Bertz CT molecular complexity index is 489. The standard InChI is InChI=1S/C13H21N5.ClH/c1-11(2)10-18-13(4-6-15-18)9-14-8-12-5-7-17(3)16-12;/h4-7,11,14H,8-10H2,1-3H3;1H. The fourth-order valence-corrected chi connectivity index (χ4v) is 1.90. The molecule has 0 aliphatic carbocycles. The van der Waals surface area contributed by atoms with E-state index in [4.69, 9.17) is 0 Å². The molecule has 0 atom stereocenters. The van der Waals surface area contributed by atoms with Crippen LogP contribution in [0.15, 0.2) is 24.5 Å². The minimum Gasteiger partial charge on any atom is -0.305 e. The summed E-state index contributed by atoms with van der Waals surface area (Å²) in [5.41, 5.74) is 2.28. The zero-order valence-corrected chi connectivity index (χ0v) is 12.5. The van der Waals surface area contributed by atoms with Crippen LogP contribution in [0.1, 0.15) is 25.2 Å². The van der Waals surface area contributed by atoms with Crippen molar-refractivity contribution in [2.45, 2.75) is 33.5 Å². The lowest BCUT2D eigenvalue weighted by Gasteiger charge is -2.10. The predicted octanol–water partition coefficient (Wildman–Crippen LogP) is 1.98. The van der Waals surface area contributed by atoms with Crippen molar-refractivity contribution in [2.75, 3.05) is 0 Å². The summed E-state index contributed by atoms with van der Waals surface area (Å²) in [6, 6.07) is 4.09. The number of hydrogen-bond donors (Lipinski definition) is 1. The molecule has 2 heterocycles. The number of aryl methyl sites for hydroxylation is 1. The van der Waals surface area contributed by atoms with Crippen LogP contribution in [0.25, 0.3) is 0 Å². The Morgan fingerprint density at radius 3 is 2.68 bits per heavy atom. The average Bonchev–Trinajstić information content (AvgIpc) is 2.88. The molecule has 0 aliphatic heterocycles. The Hall–Kier alpha value is -1.33. The highest BCUT2D eigenvalue weighted by Gasteiger charge is 2.04. The van der Waals surface area contributed by atoms with E-state index in [1.807, 2.05) is 30.2 Å². The lowest BCUT2D eigenvalue weighted by Crippen LogP contribution is -2.18. The third kappa shape index (κ3) is 4.69. The first-order valence-electron chi connectivity index (χ1n) is 6.35. The molecule has 5 nitrogen and oxygen atoms in total. The van der Waals surface area contributed by atoms with Gasteiger partial charge in [-0.05, 0) is 18.1 Å². The molecule has 0 saturated carbocycles. The molecule has 0 spiro atoms. The molecule has 2 rings (SSSR count). The minimum absolute atomic E-state index is 0. The molecule has 2 aromatic rings. The van der Waals surface area contributed by atoms with Gasteiger partial charge in [0.2, 0.25) is 0 Å². The number of nitrogens with zero attached hydrogens (tertiary/aromatic N) is 4. The Kier molecular flexibility index (Phi) is 6.05. The summed E-state index contributed by atoms with van der Waals surface area (Å²) >= 11 is 0. The molecule has 2 aromatic heterocycles. The van der Waals surface area contributed by atoms with Gasteiger partial charge in [-0.25, -0.2) is 0 Å². The quantitative estimate of drug-likeness (QED) is 0.882. The second-order valence-corrected chi connectivity index (χ2v) is 4.98. The summed E-state index contributed by atoms with van der Waals surface area (Å²) in [5.74, 6) is 0.611. The third-order valence-corrected chi connectivity index (χ3v) is 2.72. The van der Waals surface area contributed by atoms with Crippen molar-refractivity contribution in [1.82, 2.24) is 24.9 Å². The van der Waals surface area contributed by atoms with Gasteiger partial charge in [-0.2, -0.15) is 10.2 Å². The summed E-state index contributed by atoms with van der Waals surface area (Å²) < 4.78 is 3.89. The van der Waals surface area contributed by atoms with Crippen LogP contribution in [0.5, 0.6) is 0 Å². The zero-order chi connectivity index (χ0) is 13.0. The van der Waals surface area contributed by atoms with Gasteiger partial charge in [0.25, 0.3) is 0 Å². The van der Waals surface area contributed by atoms with Gasteiger partial charge in [0, 0.05) is 39.1 Å². The number of hydrogen-bond acceptors (Lipinski definition) is 3. The van der Waals surface area contributed by atoms with Gasteiger partial charge < -0.3 is 5.32 Å². The molecule has 0 radical (unpaired) electrons. The van der Waals surface area contributed by atoms with E-state index in [9.17, 15) is 0 Å². The van der Waals surface area contributed by atoms with Gasteiger partial charge in [-0.3, -0.25) is 9.36 Å². The van der Waals surface area contributed by atoms with E-state index in [-0.39, 0.29) is 12.4 Å².